The summed E-state index contributed by atoms with van der Waals surface area (Å²) < 4.78 is 4.98. The predicted octanol–water partition coefficient (Wildman–Crippen LogP) is 1.38. The van der Waals surface area contributed by atoms with Crippen molar-refractivity contribution in [3.05, 3.63) is 54.0 Å². The molecule has 1 heterocycles. The molecule has 0 saturated heterocycles. The van der Waals surface area contributed by atoms with E-state index in [2.05, 4.69) is 10.6 Å². The number of carbonyl (C=O) groups excluding carboxylic acids is 4. The van der Waals surface area contributed by atoms with Crippen molar-refractivity contribution in [1.29, 1.82) is 0 Å². The minimum Gasteiger partial charge on any atom is -0.459 e. The van der Waals surface area contributed by atoms with Crippen LogP contribution in [0.4, 0.5) is 5.69 Å². The maximum Gasteiger partial charge on any atom is 0.286 e. The molecule has 4 amide bonds. The molecular formula is C20H24N4O5. The number of amides is 4. The molecule has 0 fully saturated rings. The topological polar surface area (TPSA) is 135 Å². The Morgan fingerprint density at radius 2 is 1.79 bits per heavy atom. The molecule has 0 unspecified atom stereocenters. The maximum atomic E-state index is 12.3. The van der Waals surface area contributed by atoms with Crippen molar-refractivity contribution in [2.24, 2.45) is 5.73 Å². The van der Waals surface area contributed by atoms with Crippen LogP contribution in [0, 0.1) is 0 Å². The fourth-order valence-electron chi connectivity index (χ4n) is 2.57. The van der Waals surface area contributed by atoms with Gasteiger partial charge in [-0.1, -0.05) is 0 Å². The van der Waals surface area contributed by atoms with Crippen molar-refractivity contribution in [2.45, 2.75) is 19.8 Å². The Morgan fingerprint density at radius 1 is 1.07 bits per heavy atom. The molecule has 9 nitrogen and oxygen atoms in total. The van der Waals surface area contributed by atoms with Crippen LogP contribution in [0.1, 0.15) is 40.7 Å². The van der Waals surface area contributed by atoms with Crippen molar-refractivity contribution >= 4 is 29.3 Å². The van der Waals surface area contributed by atoms with Crippen LogP contribution in [-0.2, 0) is 9.59 Å². The van der Waals surface area contributed by atoms with Crippen molar-refractivity contribution in [1.82, 2.24) is 10.2 Å². The lowest BCUT2D eigenvalue weighted by molar-refractivity contribution is -0.131. The molecule has 29 heavy (non-hydrogen) atoms. The molecule has 0 saturated carbocycles. The van der Waals surface area contributed by atoms with Crippen molar-refractivity contribution in [3.63, 3.8) is 0 Å². The molecule has 0 spiro atoms. The Labute approximate surface area is 168 Å². The standard InChI is InChI=1S/C20H24N4O5/c1-2-24(18(26)9-11-22-20(28)16-4-3-13-29-16)12-10-17(25)23-15-7-5-14(6-8-15)19(21)27/h3-8,13H,2,9-12H2,1H3,(H2,21,27)(H,22,28)(H,23,25). The average molecular weight is 400 g/mol. The van der Waals surface area contributed by atoms with Gasteiger partial charge in [0.2, 0.25) is 17.7 Å². The number of rotatable bonds is 10. The highest BCUT2D eigenvalue weighted by Gasteiger charge is 2.15. The number of nitrogens with two attached hydrogens (primary N) is 1. The lowest BCUT2D eigenvalue weighted by Crippen LogP contribution is -2.36. The first-order chi connectivity index (χ1) is 13.9. The molecule has 4 N–H and O–H groups in total. The molecule has 1 aromatic heterocycles. The summed E-state index contributed by atoms with van der Waals surface area (Å²) in [4.78, 5) is 48.8. The van der Waals surface area contributed by atoms with E-state index in [-0.39, 0.29) is 49.4 Å². The van der Waals surface area contributed by atoms with Crippen molar-refractivity contribution in [3.8, 4) is 0 Å². The van der Waals surface area contributed by atoms with Gasteiger partial charge in [0, 0.05) is 43.7 Å². The number of nitrogens with one attached hydrogen (secondary N) is 2. The number of nitrogens with zero attached hydrogens (tertiary/aromatic N) is 1. The Hall–Kier alpha value is -3.62. The highest BCUT2D eigenvalue weighted by molar-refractivity contribution is 5.95. The van der Waals surface area contributed by atoms with Crippen LogP contribution in [0.2, 0.25) is 0 Å². The maximum absolute atomic E-state index is 12.3. The molecule has 154 valence electrons. The molecule has 0 bridgehead atoms. The van der Waals surface area contributed by atoms with Crippen LogP contribution in [0.25, 0.3) is 0 Å². The van der Waals surface area contributed by atoms with Crippen LogP contribution in [0.15, 0.2) is 47.1 Å². The first-order valence-electron chi connectivity index (χ1n) is 9.20. The third kappa shape index (κ3) is 6.80. The molecule has 1 aromatic carbocycles. The average Bonchev–Trinajstić information content (AvgIpc) is 3.23. The van der Waals surface area contributed by atoms with Gasteiger partial charge in [0.15, 0.2) is 5.76 Å². The first-order valence-corrected chi connectivity index (χ1v) is 9.20. The van der Waals surface area contributed by atoms with Gasteiger partial charge in [-0.15, -0.1) is 0 Å². The first kappa shape index (κ1) is 21.7. The number of anilines is 1. The molecular weight excluding hydrogens is 376 g/mol. The number of benzene rings is 1. The lowest BCUT2D eigenvalue weighted by Gasteiger charge is -2.20. The smallest absolute Gasteiger partial charge is 0.286 e. The molecule has 0 atom stereocenters. The Balaban J connectivity index is 1.73. The second-order valence-corrected chi connectivity index (χ2v) is 6.20. The minimum absolute atomic E-state index is 0.121. The van der Waals surface area contributed by atoms with Crippen molar-refractivity contribution < 1.29 is 23.6 Å². The van der Waals surface area contributed by atoms with Gasteiger partial charge >= 0.3 is 0 Å². The molecule has 0 aliphatic heterocycles. The van der Waals surface area contributed by atoms with E-state index in [0.29, 0.717) is 17.8 Å². The zero-order chi connectivity index (χ0) is 21.2. The van der Waals surface area contributed by atoms with Crippen LogP contribution in [-0.4, -0.2) is 48.2 Å². The third-order valence-electron chi connectivity index (χ3n) is 4.17. The Kier molecular flexibility index (Phi) is 7.96. The summed E-state index contributed by atoms with van der Waals surface area (Å²) in [5, 5.41) is 5.32. The normalized spacial score (nSPS) is 10.2. The molecule has 0 aliphatic rings. The van der Waals surface area contributed by atoms with Crippen LogP contribution in [0.3, 0.4) is 0 Å². The number of primary amides is 1. The van der Waals surface area contributed by atoms with Crippen LogP contribution >= 0.6 is 0 Å². The molecule has 9 heteroatoms. The summed E-state index contributed by atoms with van der Waals surface area (Å²) in [6, 6.07) is 9.37. The van der Waals surface area contributed by atoms with Crippen LogP contribution in [0.5, 0.6) is 0 Å². The van der Waals surface area contributed by atoms with E-state index in [1.807, 2.05) is 6.92 Å². The van der Waals surface area contributed by atoms with E-state index in [1.54, 1.807) is 23.1 Å². The third-order valence-corrected chi connectivity index (χ3v) is 4.17. The fraction of sp³-hybridized carbons (Fsp3) is 0.300. The monoisotopic (exact) mass is 400 g/mol. The van der Waals surface area contributed by atoms with Gasteiger partial charge < -0.3 is 25.7 Å². The lowest BCUT2D eigenvalue weighted by atomic mass is 10.2. The zero-order valence-corrected chi connectivity index (χ0v) is 16.1. The SMILES string of the molecule is CCN(CCC(=O)Nc1ccc(C(N)=O)cc1)C(=O)CCNC(=O)c1ccco1. The number of hydrogen-bond donors (Lipinski definition) is 3. The molecule has 0 aliphatic carbocycles. The van der Waals surface area contributed by atoms with Crippen LogP contribution < -0.4 is 16.4 Å². The van der Waals surface area contributed by atoms with E-state index in [4.69, 9.17) is 10.2 Å². The summed E-state index contributed by atoms with van der Waals surface area (Å²) in [6.07, 6.45) is 1.64. The van der Waals surface area contributed by atoms with E-state index >= 15 is 0 Å². The van der Waals surface area contributed by atoms with Crippen molar-refractivity contribution in [2.75, 3.05) is 25.0 Å². The Bertz CT molecular complexity index is 846. The predicted molar refractivity (Wildman–Crippen MR) is 106 cm³/mol. The quantitative estimate of drug-likeness (QED) is 0.554. The summed E-state index contributed by atoms with van der Waals surface area (Å²) in [7, 11) is 0. The highest BCUT2D eigenvalue weighted by atomic mass is 16.3. The van der Waals surface area contributed by atoms with E-state index in [1.165, 1.54) is 24.5 Å². The molecule has 0 radical (unpaired) electrons. The van der Waals surface area contributed by atoms with Gasteiger partial charge in [0.1, 0.15) is 0 Å². The van der Waals surface area contributed by atoms with Gasteiger partial charge in [0.05, 0.1) is 6.26 Å². The van der Waals surface area contributed by atoms with Gasteiger partial charge in [0.25, 0.3) is 5.91 Å². The second kappa shape index (κ2) is 10.6. The van der Waals surface area contributed by atoms with E-state index < -0.39 is 5.91 Å². The number of hydrogen-bond acceptors (Lipinski definition) is 5. The fourth-order valence-corrected chi connectivity index (χ4v) is 2.57. The number of furan rings is 1. The second-order valence-electron chi connectivity index (χ2n) is 6.20. The van der Waals surface area contributed by atoms with Gasteiger partial charge in [-0.25, -0.2) is 0 Å². The Morgan fingerprint density at radius 3 is 2.38 bits per heavy atom. The van der Waals surface area contributed by atoms with E-state index in [9.17, 15) is 19.2 Å². The highest BCUT2D eigenvalue weighted by Crippen LogP contribution is 2.10. The molecule has 2 rings (SSSR count). The minimum atomic E-state index is -0.541. The van der Waals surface area contributed by atoms with Gasteiger partial charge in [-0.3, -0.25) is 19.2 Å². The summed E-state index contributed by atoms with van der Waals surface area (Å²) in [5.74, 6) is -1.15. The van der Waals surface area contributed by atoms with E-state index in [0.717, 1.165) is 0 Å². The largest absolute Gasteiger partial charge is 0.459 e. The zero-order valence-electron chi connectivity index (χ0n) is 16.1. The number of carbonyl (C=O) groups is 4. The molecule has 2 aromatic rings. The summed E-state index contributed by atoms with van der Waals surface area (Å²) >= 11 is 0. The van der Waals surface area contributed by atoms with Gasteiger partial charge in [-0.2, -0.15) is 0 Å². The van der Waals surface area contributed by atoms with Gasteiger partial charge in [-0.05, 0) is 43.3 Å². The summed E-state index contributed by atoms with van der Waals surface area (Å²) in [6.45, 7) is 2.70. The summed E-state index contributed by atoms with van der Waals surface area (Å²) in [5.41, 5.74) is 6.06.